The Morgan fingerprint density at radius 2 is 2.00 bits per heavy atom. The van der Waals surface area contributed by atoms with Crippen LogP contribution >= 0.6 is 0 Å². The summed E-state index contributed by atoms with van der Waals surface area (Å²) in [5.74, 6) is 0.673. The van der Waals surface area contributed by atoms with Crippen LogP contribution in [0.15, 0.2) is 36.4 Å². The molecule has 1 aliphatic heterocycles. The number of nitrogen functional groups attached to an aromatic ring is 1. The molecular formula is C21H27N3O2. The summed E-state index contributed by atoms with van der Waals surface area (Å²) in [6, 6.07) is 11.2. The number of nitrogens with zero attached hydrogens (tertiary/aromatic N) is 1. The predicted molar refractivity (Wildman–Crippen MR) is 107 cm³/mol. The molecular weight excluding hydrogens is 326 g/mol. The summed E-state index contributed by atoms with van der Waals surface area (Å²) in [4.78, 5) is 15.0. The predicted octanol–water partition coefficient (Wildman–Crippen LogP) is 3.89. The number of rotatable bonds is 3. The normalized spacial score (nSPS) is 16.4. The quantitative estimate of drug-likeness (QED) is 0.822. The molecule has 138 valence electrons. The lowest BCUT2D eigenvalue weighted by Crippen LogP contribution is -2.53. The average molecular weight is 353 g/mol. The molecule has 1 amide bonds. The lowest BCUT2D eigenvalue weighted by Gasteiger charge is -2.43. The third-order valence-corrected chi connectivity index (χ3v) is 4.94. The van der Waals surface area contributed by atoms with Crippen LogP contribution in [0.5, 0.6) is 5.75 Å². The Kier molecular flexibility index (Phi) is 4.57. The van der Waals surface area contributed by atoms with Gasteiger partial charge in [-0.2, -0.15) is 0 Å². The van der Waals surface area contributed by atoms with Crippen molar-refractivity contribution in [3.8, 4) is 5.75 Å². The molecule has 1 unspecified atom stereocenters. The summed E-state index contributed by atoms with van der Waals surface area (Å²) < 4.78 is 6.06. The van der Waals surface area contributed by atoms with Crippen molar-refractivity contribution in [2.75, 3.05) is 22.5 Å². The first-order valence-electron chi connectivity index (χ1n) is 8.90. The number of aryl methyl sites for hydroxylation is 1. The molecule has 5 nitrogen and oxygen atoms in total. The first-order chi connectivity index (χ1) is 12.2. The summed E-state index contributed by atoms with van der Waals surface area (Å²) in [5.41, 5.74) is 10.1. The van der Waals surface area contributed by atoms with Crippen molar-refractivity contribution >= 4 is 23.0 Å². The van der Waals surface area contributed by atoms with Gasteiger partial charge >= 0.3 is 0 Å². The highest BCUT2D eigenvalue weighted by molar-refractivity contribution is 5.97. The number of amides is 1. The minimum absolute atomic E-state index is 0.0424. The highest BCUT2D eigenvalue weighted by Gasteiger charge is 2.36. The van der Waals surface area contributed by atoms with Crippen LogP contribution in [0.25, 0.3) is 0 Å². The van der Waals surface area contributed by atoms with Gasteiger partial charge in [-0.05, 0) is 63.9 Å². The number of fused-ring (bicyclic) bond motifs is 1. The van der Waals surface area contributed by atoms with Gasteiger partial charge in [0.1, 0.15) is 17.4 Å². The number of carbonyl (C=O) groups excluding carboxylic acids is 1. The van der Waals surface area contributed by atoms with E-state index in [-0.39, 0.29) is 11.9 Å². The molecule has 0 saturated heterocycles. The van der Waals surface area contributed by atoms with E-state index in [1.807, 2.05) is 71.0 Å². The third-order valence-electron chi connectivity index (χ3n) is 4.94. The summed E-state index contributed by atoms with van der Waals surface area (Å²) in [6.07, 6.45) is 0. The van der Waals surface area contributed by atoms with E-state index in [9.17, 15) is 4.79 Å². The maximum Gasteiger partial charge on any atom is 0.246 e. The lowest BCUT2D eigenvalue weighted by molar-refractivity contribution is -0.117. The van der Waals surface area contributed by atoms with Crippen LogP contribution in [0.1, 0.15) is 31.9 Å². The van der Waals surface area contributed by atoms with Crippen molar-refractivity contribution in [1.29, 1.82) is 0 Å². The number of ether oxygens (including phenoxy) is 1. The Labute approximate surface area is 155 Å². The van der Waals surface area contributed by atoms with Crippen molar-refractivity contribution in [3.05, 3.63) is 47.5 Å². The topological polar surface area (TPSA) is 67.6 Å². The van der Waals surface area contributed by atoms with Gasteiger partial charge in [-0.1, -0.05) is 12.1 Å². The molecule has 0 aliphatic carbocycles. The van der Waals surface area contributed by atoms with Gasteiger partial charge in [0.15, 0.2) is 0 Å². The highest BCUT2D eigenvalue weighted by atomic mass is 16.5. The van der Waals surface area contributed by atoms with Crippen LogP contribution in [0.3, 0.4) is 0 Å². The van der Waals surface area contributed by atoms with Crippen molar-refractivity contribution in [1.82, 2.24) is 0 Å². The van der Waals surface area contributed by atoms with Crippen LogP contribution in [-0.4, -0.2) is 24.1 Å². The largest absolute Gasteiger partial charge is 0.484 e. The molecule has 0 bridgehead atoms. The minimum Gasteiger partial charge on any atom is -0.484 e. The molecule has 1 atom stereocenters. The fourth-order valence-corrected chi connectivity index (χ4v) is 3.29. The number of hydrogen-bond donors (Lipinski definition) is 2. The molecule has 1 aliphatic rings. The lowest BCUT2D eigenvalue weighted by atomic mass is 10.0. The van der Waals surface area contributed by atoms with Gasteiger partial charge in [-0.3, -0.25) is 4.79 Å². The Bertz CT molecular complexity index is 845. The zero-order valence-corrected chi connectivity index (χ0v) is 16.1. The van der Waals surface area contributed by atoms with E-state index in [4.69, 9.17) is 10.5 Å². The Hall–Kier alpha value is -2.69. The van der Waals surface area contributed by atoms with Crippen LogP contribution in [0, 0.1) is 13.8 Å². The van der Waals surface area contributed by atoms with E-state index in [2.05, 4.69) is 10.2 Å². The van der Waals surface area contributed by atoms with E-state index >= 15 is 0 Å². The first-order valence-corrected chi connectivity index (χ1v) is 8.90. The maximum absolute atomic E-state index is 12.9. The van der Waals surface area contributed by atoms with E-state index in [1.165, 1.54) is 0 Å². The number of hydrogen-bond acceptors (Lipinski definition) is 4. The second-order valence-electron chi connectivity index (χ2n) is 7.63. The Morgan fingerprint density at radius 1 is 1.27 bits per heavy atom. The second kappa shape index (κ2) is 6.56. The third kappa shape index (κ3) is 3.47. The molecule has 0 fully saturated rings. The fraction of sp³-hybridized carbons (Fsp3) is 0.381. The molecule has 2 aromatic carbocycles. The molecule has 5 heteroatoms. The maximum atomic E-state index is 12.9. The fourth-order valence-electron chi connectivity index (χ4n) is 3.29. The van der Waals surface area contributed by atoms with Crippen LogP contribution in [-0.2, 0) is 4.79 Å². The van der Waals surface area contributed by atoms with Gasteiger partial charge in [0.2, 0.25) is 5.91 Å². The smallest absolute Gasteiger partial charge is 0.246 e. The molecule has 0 radical (unpaired) electrons. The molecule has 3 rings (SSSR count). The van der Waals surface area contributed by atoms with E-state index in [0.717, 1.165) is 22.5 Å². The monoisotopic (exact) mass is 353 g/mol. The van der Waals surface area contributed by atoms with Gasteiger partial charge in [0, 0.05) is 17.4 Å². The molecule has 1 heterocycles. The van der Waals surface area contributed by atoms with Crippen LogP contribution in [0.4, 0.5) is 17.1 Å². The van der Waals surface area contributed by atoms with E-state index in [0.29, 0.717) is 18.0 Å². The minimum atomic E-state index is -0.408. The van der Waals surface area contributed by atoms with Crippen LogP contribution < -0.4 is 20.7 Å². The Balaban J connectivity index is 1.88. The summed E-state index contributed by atoms with van der Waals surface area (Å²) in [5, 5.41) is 3.07. The number of benzene rings is 2. The second-order valence-corrected chi connectivity index (χ2v) is 7.63. The average Bonchev–Trinajstić information content (AvgIpc) is 2.56. The molecule has 26 heavy (non-hydrogen) atoms. The zero-order chi connectivity index (χ0) is 19.1. The number of nitrogens with two attached hydrogens (primary N) is 1. The zero-order valence-electron chi connectivity index (χ0n) is 16.1. The standard InChI is InChI=1S/C21H27N3O2/c1-13-7-6-8-17(14(13)2)23-20(25)15(3)24-12-21(4,5)26-19-11-16(22)9-10-18(19)24/h6-11,15H,12,22H2,1-5H3,(H,23,25). The summed E-state index contributed by atoms with van der Waals surface area (Å²) >= 11 is 0. The van der Waals surface area contributed by atoms with E-state index in [1.54, 1.807) is 0 Å². The van der Waals surface area contributed by atoms with Crippen molar-refractivity contribution < 1.29 is 9.53 Å². The van der Waals surface area contributed by atoms with Gasteiger partial charge in [0.05, 0.1) is 12.2 Å². The molecule has 0 saturated carbocycles. The van der Waals surface area contributed by atoms with Crippen molar-refractivity contribution in [3.63, 3.8) is 0 Å². The first kappa shape index (κ1) is 18.1. The SMILES string of the molecule is Cc1cccc(NC(=O)C(C)N2CC(C)(C)Oc3cc(N)ccc32)c1C. The number of anilines is 3. The molecule has 0 aromatic heterocycles. The number of nitrogens with one attached hydrogen (secondary N) is 1. The molecule has 0 spiro atoms. The van der Waals surface area contributed by atoms with Crippen LogP contribution in [0.2, 0.25) is 0 Å². The van der Waals surface area contributed by atoms with Gasteiger partial charge in [-0.25, -0.2) is 0 Å². The summed E-state index contributed by atoms with van der Waals surface area (Å²) in [6.45, 7) is 10.6. The number of carbonyl (C=O) groups is 1. The van der Waals surface area contributed by atoms with Crippen molar-refractivity contribution in [2.24, 2.45) is 0 Å². The van der Waals surface area contributed by atoms with Gasteiger partial charge < -0.3 is 20.7 Å². The highest BCUT2D eigenvalue weighted by Crippen LogP contribution is 2.39. The molecule has 2 aromatic rings. The van der Waals surface area contributed by atoms with Crippen molar-refractivity contribution in [2.45, 2.75) is 46.3 Å². The Morgan fingerprint density at radius 3 is 2.73 bits per heavy atom. The summed E-state index contributed by atoms with van der Waals surface area (Å²) in [7, 11) is 0. The van der Waals surface area contributed by atoms with Gasteiger partial charge in [-0.15, -0.1) is 0 Å². The van der Waals surface area contributed by atoms with Gasteiger partial charge in [0.25, 0.3) is 0 Å². The van der Waals surface area contributed by atoms with E-state index < -0.39 is 5.60 Å². The molecule has 3 N–H and O–H groups in total.